The van der Waals surface area contributed by atoms with E-state index in [9.17, 15) is 14.4 Å². The lowest BCUT2D eigenvalue weighted by molar-refractivity contribution is -0.151. The second kappa shape index (κ2) is 10.1. The zero-order chi connectivity index (χ0) is 21.5. The molecule has 0 atom stereocenters. The summed E-state index contributed by atoms with van der Waals surface area (Å²) in [5, 5.41) is 3.79. The minimum absolute atomic E-state index is 0.0501. The minimum atomic E-state index is -0.322. The van der Waals surface area contributed by atoms with Crippen LogP contribution in [0.1, 0.15) is 48.2 Å². The van der Waals surface area contributed by atoms with Crippen LogP contribution in [0.2, 0.25) is 0 Å². The van der Waals surface area contributed by atoms with Gasteiger partial charge in [0.1, 0.15) is 11.5 Å². The number of likely N-dealkylation sites (tertiary alicyclic amines) is 1. The topological polar surface area (TPSA) is 106 Å². The van der Waals surface area contributed by atoms with Crippen LogP contribution in [0.15, 0.2) is 33.4 Å². The average Bonchev–Trinajstić information content (AvgIpc) is 3.42. The number of hydrogen-bond acceptors (Lipinski definition) is 7. The summed E-state index contributed by atoms with van der Waals surface area (Å²) in [5.74, 6) is 0.440. The Morgan fingerprint density at radius 3 is 2.67 bits per heavy atom. The van der Waals surface area contributed by atoms with Gasteiger partial charge in [-0.2, -0.15) is 0 Å². The monoisotopic (exact) mass is 417 g/mol. The van der Waals surface area contributed by atoms with Crippen molar-refractivity contribution in [3.05, 3.63) is 41.7 Å². The number of rotatable bonds is 8. The van der Waals surface area contributed by atoms with Gasteiger partial charge in [-0.05, 0) is 38.8 Å². The average molecular weight is 417 g/mol. The van der Waals surface area contributed by atoms with Gasteiger partial charge >= 0.3 is 5.97 Å². The SMILES string of the molecule is CCOC(=O)C1CCN(C(=O)CCN(Cc2ccco2)C(=O)c2cc(C)on2)CC1. The van der Waals surface area contributed by atoms with Gasteiger partial charge in [-0.15, -0.1) is 0 Å². The van der Waals surface area contributed by atoms with E-state index in [0.717, 1.165) is 0 Å². The van der Waals surface area contributed by atoms with Crippen molar-refractivity contribution in [1.82, 2.24) is 15.0 Å². The summed E-state index contributed by atoms with van der Waals surface area (Å²) in [6, 6.07) is 5.09. The number of carbonyl (C=O) groups is 3. The lowest BCUT2D eigenvalue weighted by atomic mass is 9.97. The van der Waals surface area contributed by atoms with Crippen molar-refractivity contribution in [1.29, 1.82) is 0 Å². The van der Waals surface area contributed by atoms with E-state index in [1.54, 1.807) is 36.9 Å². The molecule has 1 aliphatic rings. The molecule has 162 valence electrons. The fourth-order valence-corrected chi connectivity index (χ4v) is 3.49. The molecule has 9 heteroatoms. The Hall–Kier alpha value is -3.10. The predicted molar refractivity (Wildman–Crippen MR) is 105 cm³/mol. The molecule has 2 amide bonds. The second-order valence-electron chi connectivity index (χ2n) is 7.29. The third-order valence-corrected chi connectivity index (χ3v) is 5.12. The van der Waals surface area contributed by atoms with Crippen LogP contribution in [0.3, 0.4) is 0 Å². The number of amides is 2. The molecule has 1 fully saturated rings. The molecule has 0 spiro atoms. The maximum Gasteiger partial charge on any atom is 0.309 e. The largest absolute Gasteiger partial charge is 0.467 e. The molecule has 0 saturated carbocycles. The van der Waals surface area contributed by atoms with Gasteiger partial charge in [0.05, 0.1) is 25.3 Å². The second-order valence-corrected chi connectivity index (χ2v) is 7.29. The summed E-state index contributed by atoms with van der Waals surface area (Å²) in [5.41, 5.74) is 0.196. The number of ether oxygens (including phenoxy) is 1. The highest BCUT2D eigenvalue weighted by Gasteiger charge is 2.29. The Morgan fingerprint density at radius 1 is 1.30 bits per heavy atom. The van der Waals surface area contributed by atoms with Crippen molar-refractivity contribution in [2.45, 2.75) is 39.7 Å². The highest BCUT2D eigenvalue weighted by Crippen LogP contribution is 2.20. The van der Waals surface area contributed by atoms with Crippen LogP contribution < -0.4 is 0 Å². The first-order chi connectivity index (χ1) is 14.5. The van der Waals surface area contributed by atoms with E-state index in [0.29, 0.717) is 44.1 Å². The molecule has 2 aromatic rings. The minimum Gasteiger partial charge on any atom is -0.467 e. The fraction of sp³-hybridized carbons (Fsp3) is 0.524. The standard InChI is InChI=1S/C21H27N3O6/c1-3-28-21(27)16-6-9-23(10-7-16)19(25)8-11-24(14-17-5-4-12-29-17)20(26)18-13-15(2)30-22-18/h4-5,12-13,16H,3,6-11,14H2,1-2H3. The maximum absolute atomic E-state index is 12.8. The number of nitrogens with zero attached hydrogens (tertiary/aromatic N) is 3. The molecule has 0 aromatic carbocycles. The van der Waals surface area contributed by atoms with Gasteiger partial charge in [0.2, 0.25) is 5.91 Å². The number of furan rings is 1. The van der Waals surface area contributed by atoms with Crippen LogP contribution in [0.25, 0.3) is 0 Å². The Balaban J connectivity index is 1.56. The summed E-state index contributed by atoms with van der Waals surface area (Å²) in [4.78, 5) is 40.7. The zero-order valence-corrected chi connectivity index (χ0v) is 17.3. The molecule has 3 rings (SSSR count). The molecule has 9 nitrogen and oxygen atoms in total. The number of piperidine rings is 1. The molecule has 0 unspecified atom stereocenters. The lowest BCUT2D eigenvalue weighted by Gasteiger charge is -2.31. The van der Waals surface area contributed by atoms with Crippen LogP contribution in [-0.4, -0.2) is 59.0 Å². The highest BCUT2D eigenvalue weighted by atomic mass is 16.5. The van der Waals surface area contributed by atoms with Crippen molar-refractivity contribution in [3.8, 4) is 0 Å². The van der Waals surface area contributed by atoms with Crippen molar-refractivity contribution in [2.24, 2.45) is 5.92 Å². The van der Waals surface area contributed by atoms with E-state index >= 15 is 0 Å². The molecule has 0 bridgehead atoms. The lowest BCUT2D eigenvalue weighted by Crippen LogP contribution is -2.42. The first-order valence-electron chi connectivity index (χ1n) is 10.2. The molecular weight excluding hydrogens is 390 g/mol. The quantitative estimate of drug-likeness (QED) is 0.607. The van der Waals surface area contributed by atoms with E-state index in [4.69, 9.17) is 13.7 Å². The highest BCUT2D eigenvalue weighted by molar-refractivity contribution is 5.92. The van der Waals surface area contributed by atoms with Gasteiger partial charge < -0.3 is 23.5 Å². The van der Waals surface area contributed by atoms with Crippen molar-refractivity contribution in [2.75, 3.05) is 26.2 Å². The van der Waals surface area contributed by atoms with Crippen molar-refractivity contribution < 1.29 is 28.1 Å². The van der Waals surface area contributed by atoms with Gasteiger partial charge in [-0.25, -0.2) is 0 Å². The van der Waals surface area contributed by atoms with E-state index in [1.165, 1.54) is 11.2 Å². The van der Waals surface area contributed by atoms with Crippen LogP contribution >= 0.6 is 0 Å². The van der Waals surface area contributed by atoms with Crippen molar-refractivity contribution in [3.63, 3.8) is 0 Å². The Bertz CT molecular complexity index is 852. The molecule has 0 aliphatic carbocycles. The predicted octanol–water partition coefficient (Wildman–Crippen LogP) is 2.41. The molecular formula is C21H27N3O6. The van der Waals surface area contributed by atoms with Crippen LogP contribution in [0.4, 0.5) is 0 Å². The van der Waals surface area contributed by atoms with Crippen LogP contribution in [0.5, 0.6) is 0 Å². The van der Waals surface area contributed by atoms with Gasteiger partial charge in [0.25, 0.3) is 5.91 Å². The van der Waals surface area contributed by atoms with E-state index < -0.39 is 0 Å². The first kappa shape index (κ1) is 21.6. The Kier molecular flexibility index (Phi) is 7.26. The number of hydrogen-bond donors (Lipinski definition) is 0. The molecule has 0 N–H and O–H groups in total. The normalized spacial score (nSPS) is 14.5. The molecule has 1 aliphatic heterocycles. The van der Waals surface area contributed by atoms with E-state index in [1.807, 2.05) is 0 Å². The number of aryl methyl sites for hydroxylation is 1. The van der Waals surface area contributed by atoms with Gasteiger partial charge in [0, 0.05) is 32.1 Å². The summed E-state index contributed by atoms with van der Waals surface area (Å²) < 4.78 is 15.4. The summed E-state index contributed by atoms with van der Waals surface area (Å²) in [6.45, 7) is 5.34. The summed E-state index contributed by atoms with van der Waals surface area (Å²) in [7, 11) is 0. The third-order valence-electron chi connectivity index (χ3n) is 5.12. The molecule has 2 aromatic heterocycles. The molecule has 1 saturated heterocycles. The van der Waals surface area contributed by atoms with Crippen LogP contribution in [-0.2, 0) is 20.9 Å². The molecule has 3 heterocycles. The third kappa shape index (κ3) is 5.49. The summed E-state index contributed by atoms with van der Waals surface area (Å²) in [6.07, 6.45) is 2.90. The molecule has 30 heavy (non-hydrogen) atoms. The van der Waals surface area contributed by atoms with Gasteiger partial charge in [-0.1, -0.05) is 5.16 Å². The number of carbonyl (C=O) groups excluding carboxylic acids is 3. The fourth-order valence-electron chi connectivity index (χ4n) is 3.49. The maximum atomic E-state index is 12.8. The summed E-state index contributed by atoms with van der Waals surface area (Å²) >= 11 is 0. The first-order valence-corrected chi connectivity index (χ1v) is 10.2. The van der Waals surface area contributed by atoms with E-state index in [-0.39, 0.29) is 48.9 Å². The van der Waals surface area contributed by atoms with E-state index in [2.05, 4.69) is 5.16 Å². The zero-order valence-electron chi connectivity index (χ0n) is 17.3. The Labute approximate surface area is 174 Å². The smallest absolute Gasteiger partial charge is 0.309 e. The van der Waals surface area contributed by atoms with Crippen molar-refractivity contribution >= 4 is 17.8 Å². The Morgan fingerprint density at radius 2 is 2.07 bits per heavy atom. The number of esters is 1. The molecule has 0 radical (unpaired) electrons. The van der Waals surface area contributed by atoms with Crippen LogP contribution in [0, 0.1) is 12.8 Å². The van der Waals surface area contributed by atoms with Gasteiger partial charge in [-0.3, -0.25) is 14.4 Å². The number of aromatic nitrogens is 1. The van der Waals surface area contributed by atoms with Gasteiger partial charge in [0.15, 0.2) is 5.69 Å².